The molecular weight excluding hydrogens is 224 g/mol. The van der Waals surface area contributed by atoms with Gasteiger partial charge >= 0.3 is 5.97 Å². The van der Waals surface area contributed by atoms with Gasteiger partial charge in [-0.2, -0.15) is 0 Å². The molecule has 0 saturated carbocycles. The van der Waals surface area contributed by atoms with Gasteiger partial charge in [-0.25, -0.2) is 0 Å². The molecule has 1 atom stereocenters. The number of hydrogen-bond acceptors (Lipinski definition) is 2. The number of esters is 1. The minimum Gasteiger partial charge on any atom is -0.464 e. The number of halogens is 1. The molecule has 0 aliphatic heterocycles. The van der Waals surface area contributed by atoms with Gasteiger partial charge in [0.15, 0.2) is 0 Å². The molecule has 0 bridgehead atoms. The summed E-state index contributed by atoms with van der Waals surface area (Å²) in [5.41, 5.74) is -0.429. The summed E-state index contributed by atoms with van der Waals surface area (Å²) in [4.78, 5) is 11.0. The Morgan fingerprint density at radius 1 is 1.12 bits per heavy atom. The zero-order chi connectivity index (χ0) is 13.2. The van der Waals surface area contributed by atoms with Crippen molar-refractivity contribution in [3.63, 3.8) is 0 Å². The summed E-state index contributed by atoms with van der Waals surface area (Å²) in [5.74, 6) is -0.323. The highest BCUT2D eigenvalue weighted by atomic mass is 35.5. The zero-order valence-corrected chi connectivity index (χ0v) is 12.4. The molecule has 0 aliphatic carbocycles. The first-order valence-corrected chi connectivity index (χ1v) is 6.22. The molecule has 0 radical (unpaired) electrons. The first kappa shape index (κ1) is 15.8. The van der Waals surface area contributed by atoms with E-state index in [0.717, 1.165) is 6.42 Å². The molecule has 0 spiro atoms. The van der Waals surface area contributed by atoms with Gasteiger partial charge < -0.3 is 4.74 Å². The van der Waals surface area contributed by atoms with Crippen molar-refractivity contribution in [2.45, 2.75) is 59.8 Å². The van der Waals surface area contributed by atoms with Gasteiger partial charge in [0.05, 0.1) is 6.61 Å². The molecule has 0 rings (SSSR count). The first-order chi connectivity index (χ1) is 6.98. The second-order valence-electron chi connectivity index (χ2n) is 6.01. The van der Waals surface area contributed by atoms with E-state index in [2.05, 4.69) is 20.8 Å². The van der Waals surface area contributed by atoms with Crippen LogP contribution in [-0.2, 0) is 9.53 Å². The van der Waals surface area contributed by atoms with Crippen LogP contribution < -0.4 is 0 Å². The number of carbonyl (C=O) groups is 1. The Labute approximate surface area is 105 Å². The van der Waals surface area contributed by atoms with Crippen molar-refractivity contribution in [3.8, 4) is 0 Å². The van der Waals surface area contributed by atoms with E-state index in [1.54, 1.807) is 6.92 Å². The molecule has 96 valence electrons. The van der Waals surface area contributed by atoms with E-state index in [1.807, 2.05) is 20.8 Å². The summed E-state index contributed by atoms with van der Waals surface area (Å²) in [6, 6.07) is 0. The normalized spacial score (nSPS) is 16.8. The Morgan fingerprint density at radius 2 is 1.56 bits per heavy atom. The molecule has 0 saturated heterocycles. The van der Waals surface area contributed by atoms with Gasteiger partial charge in [0, 0.05) is 0 Å². The van der Waals surface area contributed by atoms with Crippen LogP contribution in [0.2, 0.25) is 0 Å². The van der Waals surface area contributed by atoms with Gasteiger partial charge in [0.25, 0.3) is 0 Å². The van der Waals surface area contributed by atoms with Gasteiger partial charge in [-0.1, -0.05) is 41.5 Å². The van der Waals surface area contributed by atoms with Gasteiger partial charge in [-0.3, -0.25) is 4.79 Å². The average molecular weight is 249 g/mol. The topological polar surface area (TPSA) is 26.3 Å². The fourth-order valence-corrected chi connectivity index (χ4v) is 1.63. The maximum absolute atomic E-state index is 12.0. The number of ether oxygens (including phenoxy) is 1. The van der Waals surface area contributed by atoms with E-state index in [-0.39, 0.29) is 16.8 Å². The maximum atomic E-state index is 12.0. The summed E-state index contributed by atoms with van der Waals surface area (Å²) in [5, 5.41) is 0. The highest BCUT2D eigenvalue weighted by molar-refractivity contribution is 6.34. The van der Waals surface area contributed by atoms with E-state index in [0.29, 0.717) is 6.61 Å². The second-order valence-corrected chi connectivity index (χ2v) is 6.77. The lowest BCUT2D eigenvalue weighted by Crippen LogP contribution is -2.51. The molecule has 0 amide bonds. The largest absolute Gasteiger partial charge is 0.464 e. The van der Waals surface area contributed by atoms with Crippen LogP contribution in [0, 0.1) is 10.8 Å². The van der Waals surface area contributed by atoms with E-state index >= 15 is 0 Å². The molecule has 0 aromatic rings. The Balaban J connectivity index is 4.97. The Morgan fingerprint density at radius 3 is 1.88 bits per heavy atom. The van der Waals surface area contributed by atoms with Crippen LogP contribution in [0.4, 0.5) is 0 Å². The van der Waals surface area contributed by atoms with Crippen molar-refractivity contribution in [2.24, 2.45) is 10.8 Å². The Hall–Kier alpha value is -0.240. The van der Waals surface area contributed by atoms with Crippen LogP contribution in [0.5, 0.6) is 0 Å². The Bertz CT molecular complexity index is 249. The summed E-state index contributed by atoms with van der Waals surface area (Å²) in [6.07, 6.45) is 0.814. The van der Waals surface area contributed by atoms with E-state index < -0.39 is 4.87 Å². The number of hydrogen-bond donors (Lipinski definition) is 0. The maximum Gasteiger partial charge on any atom is 0.327 e. The van der Waals surface area contributed by atoms with Gasteiger partial charge in [0.2, 0.25) is 0 Å². The smallest absolute Gasteiger partial charge is 0.327 e. The van der Waals surface area contributed by atoms with Gasteiger partial charge in [0.1, 0.15) is 4.87 Å². The molecule has 0 aromatic carbocycles. The fourth-order valence-electron chi connectivity index (χ4n) is 1.29. The summed E-state index contributed by atoms with van der Waals surface area (Å²) >= 11 is 6.42. The highest BCUT2D eigenvalue weighted by Crippen LogP contribution is 2.50. The van der Waals surface area contributed by atoms with E-state index in [4.69, 9.17) is 16.3 Å². The van der Waals surface area contributed by atoms with Crippen LogP contribution in [0.15, 0.2) is 0 Å². The molecule has 3 heteroatoms. The van der Waals surface area contributed by atoms with E-state index in [1.165, 1.54) is 0 Å². The van der Waals surface area contributed by atoms with Crippen LogP contribution in [0.3, 0.4) is 0 Å². The molecule has 0 N–H and O–H groups in total. The third-order valence-corrected chi connectivity index (χ3v) is 4.50. The van der Waals surface area contributed by atoms with Crippen molar-refractivity contribution in [1.29, 1.82) is 0 Å². The predicted molar refractivity (Wildman–Crippen MR) is 68.7 cm³/mol. The highest BCUT2D eigenvalue weighted by Gasteiger charge is 2.53. The third kappa shape index (κ3) is 2.91. The molecule has 0 fully saturated rings. The zero-order valence-electron chi connectivity index (χ0n) is 11.6. The number of alkyl halides is 1. The lowest BCUT2D eigenvalue weighted by Gasteiger charge is -2.47. The minimum absolute atomic E-state index is 0.0747. The number of rotatable bonds is 4. The standard InChI is InChI=1S/C13H25ClO2/c1-8-9-16-10(15)13(7,14)12(5,6)11(2,3)4/h8-9H2,1-7H3. The summed E-state index contributed by atoms with van der Waals surface area (Å²) in [7, 11) is 0. The first-order valence-electron chi connectivity index (χ1n) is 5.84. The van der Waals surface area contributed by atoms with Crippen LogP contribution in [0.1, 0.15) is 54.9 Å². The molecule has 16 heavy (non-hydrogen) atoms. The third-order valence-electron chi connectivity index (χ3n) is 3.87. The van der Waals surface area contributed by atoms with Crippen LogP contribution in [-0.4, -0.2) is 17.5 Å². The lowest BCUT2D eigenvalue weighted by atomic mass is 9.62. The van der Waals surface area contributed by atoms with Crippen LogP contribution in [0.25, 0.3) is 0 Å². The van der Waals surface area contributed by atoms with Crippen molar-refractivity contribution in [3.05, 3.63) is 0 Å². The monoisotopic (exact) mass is 248 g/mol. The molecule has 0 heterocycles. The van der Waals surface area contributed by atoms with Crippen molar-refractivity contribution < 1.29 is 9.53 Å². The van der Waals surface area contributed by atoms with E-state index in [9.17, 15) is 4.79 Å². The SMILES string of the molecule is CCCOC(=O)C(C)(Cl)C(C)(C)C(C)(C)C. The molecule has 1 unspecified atom stereocenters. The number of carbonyl (C=O) groups excluding carboxylic acids is 1. The summed E-state index contributed by atoms with van der Waals surface area (Å²) < 4.78 is 5.17. The molecule has 2 nitrogen and oxygen atoms in total. The van der Waals surface area contributed by atoms with Crippen molar-refractivity contribution >= 4 is 17.6 Å². The minimum atomic E-state index is -1.000. The Kier molecular flexibility index (Phi) is 4.88. The van der Waals surface area contributed by atoms with Crippen LogP contribution >= 0.6 is 11.6 Å². The van der Waals surface area contributed by atoms with Gasteiger partial charge in [-0.05, 0) is 24.2 Å². The predicted octanol–water partition coefficient (Wildman–Crippen LogP) is 4.01. The quantitative estimate of drug-likeness (QED) is 0.555. The second kappa shape index (κ2) is 4.95. The fraction of sp³-hybridized carbons (Fsp3) is 0.923. The molecular formula is C13H25ClO2. The summed E-state index contributed by atoms with van der Waals surface area (Å²) in [6.45, 7) is 14.4. The lowest BCUT2D eigenvalue weighted by molar-refractivity contribution is -0.152. The molecule has 0 aromatic heterocycles. The van der Waals surface area contributed by atoms with Crippen molar-refractivity contribution in [2.75, 3.05) is 6.61 Å². The van der Waals surface area contributed by atoms with Gasteiger partial charge in [-0.15, -0.1) is 11.6 Å². The van der Waals surface area contributed by atoms with Crippen molar-refractivity contribution in [1.82, 2.24) is 0 Å². The average Bonchev–Trinajstić information content (AvgIpc) is 2.11. The molecule has 0 aliphatic rings.